The Morgan fingerprint density at radius 3 is 2.48 bits per heavy atom. The van der Waals surface area contributed by atoms with Gasteiger partial charge in [0.1, 0.15) is 12.4 Å². The van der Waals surface area contributed by atoms with Crippen molar-refractivity contribution >= 4 is 38.9 Å². The molecule has 10 heteroatoms. The average molecular weight is 466 g/mol. The molecule has 0 saturated heterocycles. The molecule has 0 fully saturated rings. The maximum atomic E-state index is 12.5. The molecule has 8 nitrogen and oxygen atoms in total. The van der Waals surface area contributed by atoms with Crippen molar-refractivity contribution < 1.29 is 22.7 Å². The number of thiocarbonyl (C=S) groups is 1. The second-order valence-corrected chi connectivity index (χ2v) is 8.58. The zero-order chi connectivity index (χ0) is 22.7. The lowest BCUT2D eigenvalue weighted by atomic mass is 10.2. The van der Waals surface area contributed by atoms with Crippen LogP contribution in [0, 0.1) is 0 Å². The summed E-state index contributed by atoms with van der Waals surface area (Å²) in [5.41, 5.74) is 0.939. The number of carbonyl (C=O) groups is 1. The second-order valence-electron chi connectivity index (χ2n) is 6.40. The molecule has 2 aromatic carbocycles. The minimum Gasteiger partial charge on any atom is -0.491 e. The highest BCUT2D eigenvalue weighted by Crippen LogP contribution is 2.15. The number of hydrogen-bond donors (Lipinski definition) is 3. The van der Waals surface area contributed by atoms with Gasteiger partial charge in [0, 0.05) is 24.4 Å². The average Bonchev–Trinajstić information content (AvgIpc) is 2.76. The molecule has 3 N–H and O–H groups in total. The van der Waals surface area contributed by atoms with Gasteiger partial charge in [-0.1, -0.05) is 13.0 Å². The molecule has 0 atom stereocenters. The Bertz CT molecular complexity index is 979. The van der Waals surface area contributed by atoms with Gasteiger partial charge in [0.25, 0.3) is 5.91 Å². The van der Waals surface area contributed by atoms with Crippen LogP contribution in [0.1, 0.15) is 30.6 Å². The van der Waals surface area contributed by atoms with E-state index in [9.17, 15) is 13.2 Å². The van der Waals surface area contributed by atoms with E-state index in [1.54, 1.807) is 36.4 Å². The number of carbonyl (C=O) groups excluding carboxylic acids is 1. The third kappa shape index (κ3) is 8.25. The fourth-order valence-electron chi connectivity index (χ4n) is 2.46. The van der Waals surface area contributed by atoms with Crippen LogP contribution in [-0.4, -0.2) is 45.8 Å². The number of anilines is 1. The van der Waals surface area contributed by atoms with Gasteiger partial charge >= 0.3 is 0 Å². The second kappa shape index (κ2) is 12.4. The van der Waals surface area contributed by atoms with Gasteiger partial charge in [-0.2, -0.15) is 0 Å². The van der Waals surface area contributed by atoms with Gasteiger partial charge < -0.3 is 14.8 Å². The first-order chi connectivity index (χ1) is 14.9. The van der Waals surface area contributed by atoms with Gasteiger partial charge in [-0.15, -0.1) is 0 Å². The van der Waals surface area contributed by atoms with Gasteiger partial charge in [-0.3, -0.25) is 10.1 Å². The van der Waals surface area contributed by atoms with Crippen LogP contribution >= 0.6 is 12.2 Å². The number of rotatable bonds is 11. The molecule has 0 radical (unpaired) electrons. The van der Waals surface area contributed by atoms with Crippen LogP contribution in [0.15, 0.2) is 53.4 Å². The molecule has 0 aliphatic rings. The fourth-order valence-corrected chi connectivity index (χ4v) is 3.81. The first-order valence-electron chi connectivity index (χ1n) is 9.88. The van der Waals surface area contributed by atoms with E-state index in [0.29, 0.717) is 49.8 Å². The predicted octanol–water partition coefficient (Wildman–Crippen LogP) is 2.92. The van der Waals surface area contributed by atoms with Gasteiger partial charge in [-0.05, 0) is 68.0 Å². The summed E-state index contributed by atoms with van der Waals surface area (Å²) in [6.45, 7) is 5.63. The van der Waals surface area contributed by atoms with E-state index in [-0.39, 0.29) is 10.0 Å². The first kappa shape index (κ1) is 24.7. The summed E-state index contributed by atoms with van der Waals surface area (Å²) in [6, 6.07) is 12.8. The molecule has 0 saturated carbocycles. The first-order valence-corrected chi connectivity index (χ1v) is 11.8. The van der Waals surface area contributed by atoms with Crippen LogP contribution in [0.25, 0.3) is 0 Å². The topological polar surface area (TPSA) is 106 Å². The molecule has 0 aliphatic carbocycles. The van der Waals surface area contributed by atoms with Crippen molar-refractivity contribution in [1.29, 1.82) is 0 Å². The molecule has 0 unspecified atom stereocenters. The monoisotopic (exact) mass is 465 g/mol. The highest BCUT2D eigenvalue weighted by molar-refractivity contribution is 7.89. The fraction of sp³-hybridized carbons (Fsp3) is 0.333. The molecule has 31 heavy (non-hydrogen) atoms. The number of ether oxygens (including phenoxy) is 2. The van der Waals surface area contributed by atoms with Crippen molar-refractivity contribution in [2.75, 3.05) is 31.7 Å². The van der Waals surface area contributed by atoms with Crippen LogP contribution in [0.4, 0.5) is 5.69 Å². The van der Waals surface area contributed by atoms with Crippen molar-refractivity contribution in [3.63, 3.8) is 0 Å². The van der Waals surface area contributed by atoms with Crippen LogP contribution in [0.2, 0.25) is 0 Å². The van der Waals surface area contributed by atoms with Crippen molar-refractivity contribution in [2.24, 2.45) is 0 Å². The Hall–Kier alpha value is -2.53. The lowest BCUT2D eigenvalue weighted by Crippen LogP contribution is -2.34. The highest BCUT2D eigenvalue weighted by Gasteiger charge is 2.13. The van der Waals surface area contributed by atoms with Gasteiger partial charge in [0.2, 0.25) is 10.0 Å². The minimum absolute atomic E-state index is 0.0902. The molecule has 0 bridgehead atoms. The van der Waals surface area contributed by atoms with E-state index in [1.807, 2.05) is 13.8 Å². The normalized spacial score (nSPS) is 11.0. The number of amides is 1. The Morgan fingerprint density at radius 2 is 1.81 bits per heavy atom. The van der Waals surface area contributed by atoms with E-state index >= 15 is 0 Å². The summed E-state index contributed by atoms with van der Waals surface area (Å²) >= 11 is 5.19. The molecular formula is C21H27N3O5S2. The van der Waals surface area contributed by atoms with Gasteiger partial charge in [0.15, 0.2) is 5.11 Å². The number of benzene rings is 2. The zero-order valence-electron chi connectivity index (χ0n) is 17.5. The summed E-state index contributed by atoms with van der Waals surface area (Å²) in [4.78, 5) is 12.6. The molecule has 168 valence electrons. The van der Waals surface area contributed by atoms with Crippen molar-refractivity contribution in [1.82, 2.24) is 10.0 Å². The quantitative estimate of drug-likeness (QED) is 0.346. The largest absolute Gasteiger partial charge is 0.491 e. The lowest BCUT2D eigenvalue weighted by Gasteiger charge is -2.11. The predicted molar refractivity (Wildman–Crippen MR) is 124 cm³/mol. The standard InChI is InChI=1S/C21H27N3O5S2/c1-3-12-22-31(26,27)19-10-8-17(9-11-19)23-21(30)24-20(25)16-6-5-7-18(15-16)29-14-13-28-4-2/h5-11,15,22H,3-4,12-14H2,1-2H3,(H2,23,24,25,30). The Kier molecular flexibility index (Phi) is 9.86. The Labute approximate surface area is 188 Å². The van der Waals surface area contributed by atoms with E-state index in [0.717, 1.165) is 0 Å². The van der Waals surface area contributed by atoms with Crippen molar-refractivity contribution in [3.8, 4) is 5.75 Å². The third-order valence-electron chi connectivity index (χ3n) is 3.99. The van der Waals surface area contributed by atoms with Crippen LogP contribution in [0.3, 0.4) is 0 Å². The molecular weight excluding hydrogens is 438 g/mol. The minimum atomic E-state index is -3.54. The van der Waals surface area contributed by atoms with Crippen LogP contribution < -0.4 is 20.1 Å². The Morgan fingerprint density at radius 1 is 1.06 bits per heavy atom. The summed E-state index contributed by atoms with van der Waals surface area (Å²) in [5.74, 6) is 0.162. The zero-order valence-corrected chi connectivity index (χ0v) is 19.1. The maximum Gasteiger partial charge on any atom is 0.257 e. The Balaban J connectivity index is 1.91. The number of nitrogens with one attached hydrogen (secondary N) is 3. The third-order valence-corrected chi connectivity index (χ3v) is 5.67. The summed E-state index contributed by atoms with van der Waals surface area (Å²) < 4.78 is 37.5. The smallest absolute Gasteiger partial charge is 0.257 e. The van der Waals surface area contributed by atoms with E-state index in [1.165, 1.54) is 12.1 Å². The van der Waals surface area contributed by atoms with Gasteiger partial charge in [-0.25, -0.2) is 13.1 Å². The molecule has 0 heterocycles. The molecule has 0 aromatic heterocycles. The molecule has 2 rings (SSSR count). The van der Waals surface area contributed by atoms with Crippen molar-refractivity contribution in [2.45, 2.75) is 25.2 Å². The lowest BCUT2D eigenvalue weighted by molar-refractivity contribution is 0.0976. The maximum absolute atomic E-state index is 12.5. The number of hydrogen-bond acceptors (Lipinski definition) is 6. The van der Waals surface area contributed by atoms with E-state index in [4.69, 9.17) is 21.7 Å². The van der Waals surface area contributed by atoms with Gasteiger partial charge in [0.05, 0.1) is 11.5 Å². The van der Waals surface area contributed by atoms with E-state index in [2.05, 4.69) is 15.4 Å². The molecule has 1 amide bonds. The van der Waals surface area contributed by atoms with Crippen LogP contribution in [-0.2, 0) is 14.8 Å². The van der Waals surface area contributed by atoms with Crippen LogP contribution in [0.5, 0.6) is 5.75 Å². The molecule has 0 aliphatic heterocycles. The summed E-state index contributed by atoms with van der Waals surface area (Å²) in [5, 5.41) is 5.55. The SMILES string of the molecule is CCCNS(=O)(=O)c1ccc(NC(=S)NC(=O)c2cccc(OCCOCC)c2)cc1. The summed E-state index contributed by atoms with van der Waals surface area (Å²) in [6.07, 6.45) is 0.704. The van der Waals surface area contributed by atoms with E-state index < -0.39 is 15.9 Å². The number of sulfonamides is 1. The molecule has 2 aromatic rings. The highest BCUT2D eigenvalue weighted by atomic mass is 32.2. The molecule has 0 spiro atoms. The summed E-state index contributed by atoms with van der Waals surface area (Å²) in [7, 11) is -3.54. The van der Waals surface area contributed by atoms with Crippen molar-refractivity contribution in [3.05, 3.63) is 54.1 Å².